The third-order valence-electron chi connectivity index (χ3n) is 3.76. The van der Waals surface area contributed by atoms with Crippen molar-refractivity contribution in [2.75, 3.05) is 5.32 Å². The van der Waals surface area contributed by atoms with Gasteiger partial charge in [-0.15, -0.1) is 0 Å². The van der Waals surface area contributed by atoms with Crippen LogP contribution in [0.1, 0.15) is 24.8 Å². The van der Waals surface area contributed by atoms with Crippen LogP contribution in [-0.2, 0) is 10.2 Å². The fourth-order valence-corrected chi connectivity index (χ4v) is 2.84. The lowest BCUT2D eigenvalue weighted by Crippen LogP contribution is -2.46. The van der Waals surface area contributed by atoms with Gasteiger partial charge in [0.15, 0.2) is 5.82 Å². The highest BCUT2D eigenvalue weighted by molar-refractivity contribution is 9.10. The van der Waals surface area contributed by atoms with Crippen LogP contribution in [-0.4, -0.2) is 20.9 Å². The first-order chi connectivity index (χ1) is 10.1. The summed E-state index contributed by atoms with van der Waals surface area (Å²) in [6.07, 6.45) is 8.91. The summed E-state index contributed by atoms with van der Waals surface area (Å²) in [6.45, 7) is 0. The van der Waals surface area contributed by atoms with E-state index in [0.717, 1.165) is 24.8 Å². The smallest absolute Gasteiger partial charge is 0.236 e. The molecule has 0 spiro atoms. The van der Waals surface area contributed by atoms with Gasteiger partial charge in [0.2, 0.25) is 5.91 Å². The molecule has 0 unspecified atom stereocenters. The van der Waals surface area contributed by atoms with Gasteiger partial charge in [0.1, 0.15) is 4.60 Å². The fourth-order valence-electron chi connectivity index (χ4n) is 2.46. The Kier molecular flexibility index (Phi) is 3.91. The van der Waals surface area contributed by atoms with Gasteiger partial charge >= 0.3 is 0 Å². The summed E-state index contributed by atoms with van der Waals surface area (Å²) in [5, 5.41) is 3.36. The second-order valence-corrected chi connectivity index (χ2v) is 6.25. The average Bonchev–Trinajstić information content (AvgIpc) is 2.40. The minimum absolute atomic E-state index is 0.0885. The fraction of sp³-hybridized carbons (Fsp3) is 0.286. The first kappa shape index (κ1) is 14.4. The van der Waals surface area contributed by atoms with E-state index in [1.807, 2.05) is 0 Å². The molecule has 1 N–H and O–H groups in total. The summed E-state index contributed by atoms with van der Waals surface area (Å²) >= 11 is 9.20. The molecule has 0 bridgehead atoms. The molecule has 0 aromatic carbocycles. The SMILES string of the molecule is O=C(Nc1cnc(Br)cn1)C1(c2cncc(Cl)c2)CCC1. The molecular formula is C14H12BrClN4O. The highest BCUT2D eigenvalue weighted by atomic mass is 79.9. The molecule has 2 heterocycles. The van der Waals surface area contributed by atoms with Gasteiger partial charge in [0, 0.05) is 12.4 Å². The molecule has 1 saturated carbocycles. The van der Waals surface area contributed by atoms with Crippen LogP contribution in [0.4, 0.5) is 5.82 Å². The number of pyridine rings is 1. The highest BCUT2D eigenvalue weighted by Crippen LogP contribution is 2.44. The third kappa shape index (κ3) is 2.78. The maximum Gasteiger partial charge on any atom is 0.236 e. The molecule has 1 aliphatic rings. The first-order valence-electron chi connectivity index (χ1n) is 6.50. The van der Waals surface area contributed by atoms with Gasteiger partial charge in [0.25, 0.3) is 0 Å². The molecule has 21 heavy (non-hydrogen) atoms. The number of hydrogen-bond acceptors (Lipinski definition) is 4. The number of amides is 1. The standard InChI is InChI=1S/C14H12BrClN4O/c15-11-7-19-12(8-18-11)20-13(21)14(2-1-3-14)9-4-10(16)6-17-5-9/h4-8H,1-3H2,(H,19,20,21). The molecule has 2 aromatic rings. The van der Waals surface area contributed by atoms with Crippen LogP contribution in [0.2, 0.25) is 5.02 Å². The monoisotopic (exact) mass is 366 g/mol. The predicted octanol–water partition coefficient (Wildman–Crippen LogP) is 3.35. The minimum atomic E-state index is -0.563. The molecule has 1 fully saturated rings. The molecular weight excluding hydrogens is 356 g/mol. The van der Waals surface area contributed by atoms with Crippen molar-refractivity contribution >= 4 is 39.3 Å². The van der Waals surface area contributed by atoms with Crippen LogP contribution in [0.15, 0.2) is 35.5 Å². The summed E-state index contributed by atoms with van der Waals surface area (Å²) in [7, 11) is 0. The summed E-state index contributed by atoms with van der Waals surface area (Å²) < 4.78 is 0.623. The second-order valence-electron chi connectivity index (χ2n) is 5.01. The quantitative estimate of drug-likeness (QED) is 0.903. The van der Waals surface area contributed by atoms with E-state index in [2.05, 4.69) is 36.2 Å². The number of halogens is 2. The van der Waals surface area contributed by atoms with E-state index in [1.54, 1.807) is 24.7 Å². The number of hydrogen-bond donors (Lipinski definition) is 1. The van der Waals surface area contributed by atoms with E-state index in [4.69, 9.17) is 11.6 Å². The minimum Gasteiger partial charge on any atom is -0.309 e. The molecule has 2 aromatic heterocycles. The zero-order valence-corrected chi connectivity index (χ0v) is 13.4. The van der Waals surface area contributed by atoms with Crippen LogP contribution in [0, 0.1) is 0 Å². The molecule has 3 rings (SSSR count). The molecule has 0 aliphatic heterocycles. The first-order valence-corrected chi connectivity index (χ1v) is 7.67. The van der Waals surface area contributed by atoms with Gasteiger partial charge in [-0.2, -0.15) is 0 Å². The van der Waals surface area contributed by atoms with Crippen molar-refractivity contribution in [1.82, 2.24) is 15.0 Å². The van der Waals surface area contributed by atoms with Gasteiger partial charge in [-0.1, -0.05) is 18.0 Å². The Labute approximate surface area is 135 Å². The average molecular weight is 368 g/mol. The summed E-state index contributed by atoms with van der Waals surface area (Å²) in [4.78, 5) is 24.9. The topological polar surface area (TPSA) is 67.8 Å². The Morgan fingerprint density at radius 2 is 2.05 bits per heavy atom. The maximum absolute atomic E-state index is 12.7. The van der Waals surface area contributed by atoms with E-state index in [-0.39, 0.29) is 5.91 Å². The summed E-state index contributed by atoms with van der Waals surface area (Å²) in [6, 6.07) is 1.81. The van der Waals surface area contributed by atoms with Gasteiger partial charge in [-0.3, -0.25) is 9.78 Å². The van der Waals surface area contributed by atoms with Crippen molar-refractivity contribution in [3.05, 3.63) is 46.0 Å². The van der Waals surface area contributed by atoms with Crippen molar-refractivity contribution in [3.8, 4) is 0 Å². The second kappa shape index (κ2) is 5.69. The lowest BCUT2D eigenvalue weighted by atomic mass is 9.64. The Balaban J connectivity index is 1.85. The largest absolute Gasteiger partial charge is 0.309 e. The van der Waals surface area contributed by atoms with Crippen molar-refractivity contribution in [2.24, 2.45) is 0 Å². The Morgan fingerprint density at radius 1 is 1.24 bits per heavy atom. The molecule has 7 heteroatoms. The Hall–Kier alpha value is -1.53. The number of rotatable bonds is 3. The number of aromatic nitrogens is 3. The highest BCUT2D eigenvalue weighted by Gasteiger charge is 2.46. The number of carbonyl (C=O) groups is 1. The lowest BCUT2D eigenvalue weighted by molar-refractivity contribution is -0.124. The Bertz CT molecular complexity index is 673. The van der Waals surface area contributed by atoms with Crippen LogP contribution in [0.3, 0.4) is 0 Å². The normalized spacial score (nSPS) is 16.1. The maximum atomic E-state index is 12.7. The van der Waals surface area contributed by atoms with Gasteiger partial charge in [-0.05, 0) is 40.4 Å². The van der Waals surface area contributed by atoms with E-state index >= 15 is 0 Å². The van der Waals surface area contributed by atoms with Gasteiger partial charge in [0.05, 0.1) is 22.8 Å². The van der Waals surface area contributed by atoms with E-state index in [1.165, 1.54) is 6.20 Å². The molecule has 0 atom stereocenters. The van der Waals surface area contributed by atoms with Crippen LogP contribution in [0.5, 0.6) is 0 Å². The number of carbonyl (C=O) groups excluding carboxylic acids is 1. The number of nitrogens with one attached hydrogen (secondary N) is 1. The van der Waals surface area contributed by atoms with Crippen molar-refractivity contribution < 1.29 is 4.79 Å². The molecule has 1 amide bonds. The third-order valence-corrected chi connectivity index (χ3v) is 4.38. The van der Waals surface area contributed by atoms with Crippen molar-refractivity contribution in [3.63, 3.8) is 0 Å². The predicted molar refractivity (Wildman–Crippen MR) is 83.1 cm³/mol. The molecule has 0 radical (unpaired) electrons. The van der Waals surface area contributed by atoms with Crippen molar-refractivity contribution in [2.45, 2.75) is 24.7 Å². The lowest BCUT2D eigenvalue weighted by Gasteiger charge is -2.40. The molecule has 5 nitrogen and oxygen atoms in total. The van der Waals surface area contributed by atoms with E-state index in [9.17, 15) is 4.79 Å². The molecule has 0 saturated heterocycles. The van der Waals surface area contributed by atoms with E-state index in [0.29, 0.717) is 15.4 Å². The zero-order valence-electron chi connectivity index (χ0n) is 11.0. The van der Waals surface area contributed by atoms with E-state index < -0.39 is 5.41 Å². The van der Waals surface area contributed by atoms with Gasteiger partial charge < -0.3 is 5.32 Å². The van der Waals surface area contributed by atoms with Crippen molar-refractivity contribution in [1.29, 1.82) is 0 Å². The zero-order chi connectivity index (χ0) is 14.9. The Morgan fingerprint density at radius 3 is 2.62 bits per heavy atom. The van der Waals surface area contributed by atoms with Gasteiger partial charge in [-0.25, -0.2) is 9.97 Å². The molecule has 108 valence electrons. The summed E-state index contributed by atoms with van der Waals surface area (Å²) in [5.74, 6) is 0.346. The summed E-state index contributed by atoms with van der Waals surface area (Å²) in [5.41, 5.74) is 0.288. The number of anilines is 1. The van der Waals surface area contributed by atoms with Crippen LogP contribution in [0.25, 0.3) is 0 Å². The van der Waals surface area contributed by atoms with Crippen LogP contribution < -0.4 is 5.32 Å². The van der Waals surface area contributed by atoms with Crippen LogP contribution >= 0.6 is 27.5 Å². The number of nitrogens with zero attached hydrogens (tertiary/aromatic N) is 3. The molecule has 1 aliphatic carbocycles.